The fourth-order valence-corrected chi connectivity index (χ4v) is 3.79. The molecule has 6 amide bonds. The van der Waals surface area contributed by atoms with E-state index in [9.17, 15) is 38.4 Å². The molecule has 16 heteroatoms. The maximum Gasteiger partial charge on any atom is 0.394 e. The molecule has 0 bridgehead atoms. The van der Waals surface area contributed by atoms with Gasteiger partial charge in [0, 0.05) is 34.1 Å². The van der Waals surface area contributed by atoms with Gasteiger partial charge in [-0.2, -0.15) is 0 Å². The first kappa shape index (κ1) is 32.9. The molecule has 16 nitrogen and oxygen atoms in total. The van der Waals surface area contributed by atoms with Crippen molar-refractivity contribution in [2.75, 3.05) is 31.9 Å². The van der Waals surface area contributed by atoms with Crippen LogP contribution < -0.4 is 31.9 Å². The first-order chi connectivity index (χ1) is 21.2. The van der Waals surface area contributed by atoms with Crippen molar-refractivity contribution in [2.24, 2.45) is 0 Å². The number of benzene rings is 3. The molecule has 45 heavy (non-hydrogen) atoms. The average molecular weight is 619 g/mol. The summed E-state index contributed by atoms with van der Waals surface area (Å²) in [5, 5.41) is 31.5. The van der Waals surface area contributed by atoms with Crippen molar-refractivity contribution >= 4 is 81.5 Å². The molecule has 0 saturated heterocycles. The smallest absolute Gasteiger partial charge is 0.394 e. The molecule has 8 N–H and O–H groups in total. The van der Waals surface area contributed by atoms with Crippen LogP contribution >= 0.6 is 0 Å². The largest absolute Gasteiger partial charge is 0.474 e. The minimum atomic E-state index is -1.70. The SMILES string of the molecule is Cc1c(NC(=O)C(=O)O)cccc1NC(=O)C(=O)Nc1cccc(NC(=O)C(=O)Nc2cccc(NC(=O)C(=O)O)c2C)c1C. The summed E-state index contributed by atoms with van der Waals surface area (Å²) >= 11 is 0. The molecule has 3 rings (SSSR count). The van der Waals surface area contributed by atoms with E-state index in [1.807, 2.05) is 0 Å². The van der Waals surface area contributed by atoms with Crippen LogP contribution in [0.4, 0.5) is 34.1 Å². The van der Waals surface area contributed by atoms with Crippen LogP contribution in [0.3, 0.4) is 0 Å². The van der Waals surface area contributed by atoms with Gasteiger partial charge >= 0.3 is 47.4 Å². The number of carboxylic acid groups (broad SMARTS) is 2. The van der Waals surface area contributed by atoms with Crippen molar-refractivity contribution in [2.45, 2.75) is 20.8 Å². The fourth-order valence-electron chi connectivity index (χ4n) is 3.79. The van der Waals surface area contributed by atoms with Gasteiger partial charge in [-0.25, -0.2) is 9.59 Å². The van der Waals surface area contributed by atoms with E-state index in [1.165, 1.54) is 75.4 Å². The van der Waals surface area contributed by atoms with Gasteiger partial charge in [0.25, 0.3) is 0 Å². The van der Waals surface area contributed by atoms with Gasteiger partial charge in [-0.1, -0.05) is 18.2 Å². The van der Waals surface area contributed by atoms with Gasteiger partial charge in [0.2, 0.25) is 0 Å². The minimum absolute atomic E-state index is 0.108. The van der Waals surface area contributed by atoms with Crippen LogP contribution in [0.2, 0.25) is 0 Å². The Hall–Kier alpha value is -6.58. The summed E-state index contributed by atoms with van der Waals surface area (Å²) in [6, 6.07) is 12.9. The first-order valence-electron chi connectivity index (χ1n) is 12.8. The van der Waals surface area contributed by atoms with E-state index in [2.05, 4.69) is 31.9 Å². The number of anilines is 6. The number of amides is 6. The molecule has 0 aliphatic heterocycles. The van der Waals surface area contributed by atoms with Crippen molar-refractivity contribution in [3.8, 4) is 0 Å². The molecule has 3 aromatic carbocycles. The lowest BCUT2D eigenvalue weighted by Crippen LogP contribution is -2.31. The van der Waals surface area contributed by atoms with E-state index >= 15 is 0 Å². The number of aliphatic carboxylic acids is 2. The highest BCUT2D eigenvalue weighted by Crippen LogP contribution is 2.26. The zero-order valence-electron chi connectivity index (χ0n) is 23.9. The van der Waals surface area contributed by atoms with Crippen LogP contribution in [0.25, 0.3) is 0 Å². The summed E-state index contributed by atoms with van der Waals surface area (Å²) < 4.78 is 0. The summed E-state index contributed by atoms with van der Waals surface area (Å²) in [5.41, 5.74) is 1.62. The molecule has 0 heterocycles. The number of carboxylic acids is 2. The Bertz CT molecular complexity index is 1640. The predicted octanol–water partition coefficient (Wildman–Crippen LogP) is 1.81. The highest BCUT2D eigenvalue weighted by Gasteiger charge is 2.21. The van der Waals surface area contributed by atoms with Crippen molar-refractivity contribution in [3.05, 3.63) is 71.3 Å². The lowest BCUT2D eigenvalue weighted by Gasteiger charge is -2.15. The van der Waals surface area contributed by atoms with E-state index in [1.54, 1.807) is 0 Å². The van der Waals surface area contributed by atoms with Crippen LogP contribution in [0.1, 0.15) is 16.7 Å². The van der Waals surface area contributed by atoms with Gasteiger partial charge in [-0.05, 0) is 73.9 Å². The van der Waals surface area contributed by atoms with Crippen LogP contribution in [-0.4, -0.2) is 57.6 Å². The Morgan fingerprint density at radius 3 is 0.733 bits per heavy atom. The average Bonchev–Trinajstić information content (AvgIpc) is 2.98. The Labute approximate surface area is 254 Å². The quantitative estimate of drug-likeness (QED) is 0.186. The second-order valence-corrected chi connectivity index (χ2v) is 9.27. The molecule has 0 spiro atoms. The second-order valence-electron chi connectivity index (χ2n) is 9.27. The molecular formula is C29H26N6O10. The Balaban J connectivity index is 1.67. The highest BCUT2D eigenvalue weighted by atomic mass is 16.4. The lowest BCUT2D eigenvalue weighted by atomic mass is 10.1. The highest BCUT2D eigenvalue weighted by molar-refractivity contribution is 6.45. The molecule has 0 fully saturated rings. The van der Waals surface area contributed by atoms with Crippen LogP contribution in [0.5, 0.6) is 0 Å². The molecule has 0 unspecified atom stereocenters. The maximum atomic E-state index is 12.7. The van der Waals surface area contributed by atoms with Gasteiger partial charge in [-0.15, -0.1) is 0 Å². The van der Waals surface area contributed by atoms with Gasteiger partial charge in [-0.3, -0.25) is 28.8 Å². The van der Waals surface area contributed by atoms with E-state index in [-0.39, 0.29) is 34.1 Å². The molecule has 0 aliphatic rings. The van der Waals surface area contributed by atoms with Gasteiger partial charge < -0.3 is 42.1 Å². The van der Waals surface area contributed by atoms with E-state index in [4.69, 9.17) is 10.2 Å². The van der Waals surface area contributed by atoms with E-state index in [0.717, 1.165) is 0 Å². The standard InChI is InChI=1S/C29H26N6O10/c1-13-16(30-22(36)24(38)32-18-9-5-11-20(14(18)2)34-26(40)28(42)43)7-4-8-17(13)31-23(37)25(39)33-19-10-6-12-21(15(19)3)35-27(41)29(44)45/h4-12H,1-3H3,(H,30,36)(H,31,37)(H,32,38)(H,33,39)(H,34,40)(H,35,41)(H,42,43)(H,44,45). The monoisotopic (exact) mass is 618 g/mol. The normalized spacial score (nSPS) is 10.1. The first-order valence-corrected chi connectivity index (χ1v) is 12.8. The predicted molar refractivity (Wildman–Crippen MR) is 161 cm³/mol. The van der Waals surface area contributed by atoms with Crippen molar-refractivity contribution in [3.63, 3.8) is 0 Å². The summed E-state index contributed by atoms with van der Waals surface area (Å²) in [6.45, 7) is 4.50. The third-order valence-corrected chi connectivity index (χ3v) is 6.29. The number of rotatable bonds is 6. The molecule has 0 atom stereocenters. The van der Waals surface area contributed by atoms with Crippen LogP contribution in [0, 0.1) is 20.8 Å². The zero-order chi connectivity index (χ0) is 33.4. The number of nitrogens with one attached hydrogen (secondary N) is 6. The number of carbonyl (C=O) groups excluding carboxylic acids is 6. The van der Waals surface area contributed by atoms with Crippen molar-refractivity contribution in [1.82, 2.24) is 0 Å². The topological polar surface area (TPSA) is 249 Å². The lowest BCUT2D eigenvalue weighted by molar-refractivity contribution is -0.147. The Kier molecular flexibility index (Phi) is 10.3. The Morgan fingerprint density at radius 2 is 0.556 bits per heavy atom. The molecule has 3 aromatic rings. The van der Waals surface area contributed by atoms with E-state index < -0.39 is 47.4 Å². The summed E-state index contributed by atoms with van der Waals surface area (Å²) in [7, 11) is 0. The molecule has 0 aromatic heterocycles. The van der Waals surface area contributed by atoms with Crippen molar-refractivity contribution in [1.29, 1.82) is 0 Å². The minimum Gasteiger partial charge on any atom is -0.474 e. The fraction of sp³-hybridized carbons (Fsp3) is 0.103. The maximum absolute atomic E-state index is 12.7. The second kappa shape index (κ2) is 14.1. The van der Waals surface area contributed by atoms with Crippen LogP contribution in [0.15, 0.2) is 54.6 Å². The molecular weight excluding hydrogens is 592 g/mol. The van der Waals surface area contributed by atoms with Crippen LogP contribution in [-0.2, 0) is 38.4 Å². The molecule has 0 saturated carbocycles. The Morgan fingerprint density at radius 1 is 0.378 bits per heavy atom. The molecule has 0 aliphatic carbocycles. The number of hydrogen-bond acceptors (Lipinski definition) is 8. The molecule has 232 valence electrons. The van der Waals surface area contributed by atoms with Gasteiger partial charge in [0.05, 0.1) is 0 Å². The zero-order valence-corrected chi connectivity index (χ0v) is 23.9. The third-order valence-electron chi connectivity index (χ3n) is 6.29. The summed E-state index contributed by atoms with van der Waals surface area (Å²) in [5.74, 6) is -10.4. The number of carbonyl (C=O) groups is 8. The van der Waals surface area contributed by atoms with Gasteiger partial charge in [0.1, 0.15) is 0 Å². The van der Waals surface area contributed by atoms with Gasteiger partial charge in [0.15, 0.2) is 0 Å². The third kappa shape index (κ3) is 8.25. The summed E-state index contributed by atoms with van der Waals surface area (Å²) in [4.78, 5) is 95.2. The molecule has 0 radical (unpaired) electrons. The summed E-state index contributed by atoms with van der Waals surface area (Å²) in [6.07, 6.45) is 0. The number of hydrogen-bond donors (Lipinski definition) is 8. The van der Waals surface area contributed by atoms with E-state index in [0.29, 0.717) is 16.7 Å². The van der Waals surface area contributed by atoms with Crippen molar-refractivity contribution < 1.29 is 48.6 Å².